The zero-order valence-electron chi connectivity index (χ0n) is 16.6. The van der Waals surface area contributed by atoms with Crippen LogP contribution in [0.15, 0.2) is 18.2 Å². The lowest BCUT2D eigenvalue weighted by Gasteiger charge is -2.42. The number of methoxy groups -OCH3 is 1. The lowest BCUT2D eigenvalue weighted by Crippen LogP contribution is -2.50. The summed E-state index contributed by atoms with van der Waals surface area (Å²) in [5, 5.41) is 2.96. The molecular weight excluding hydrogens is 364 g/mol. The van der Waals surface area contributed by atoms with E-state index in [1.165, 1.54) is 12.1 Å². The third-order valence-corrected chi connectivity index (χ3v) is 5.91. The van der Waals surface area contributed by atoms with Crippen molar-refractivity contribution in [1.82, 2.24) is 15.1 Å². The predicted molar refractivity (Wildman–Crippen MR) is 104 cm³/mol. The van der Waals surface area contributed by atoms with Gasteiger partial charge < -0.3 is 10.1 Å². The van der Waals surface area contributed by atoms with E-state index >= 15 is 0 Å². The number of likely N-dealkylation sites (tertiary alicyclic amines) is 2. The first-order valence-electron chi connectivity index (χ1n) is 10.2. The molecule has 2 saturated heterocycles. The van der Waals surface area contributed by atoms with Gasteiger partial charge in [-0.2, -0.15) is 0 Å². The molecule has 2 fully saturated rings. The molecule has 2 aliphatic rings. The first-order valence-corrected chi connectivity index (χ1v) is 10.2. The molecule has 28 heavy (non-hydrogen) atoms. The Morgan fingerprint density at radius 3 is 2.71 bits per heavy atom. The Hall–Kier alpha value is -1.57. The molecule has 0 unspecified atom stereocenters. The third kappa shape index (κ3) is 5.72. The summed E-state index contributed by atoms with van der Waals surface area (Å²) in [4.78, 5) is 17.0. The molecule has 1 amide bonds. The van der Waals surface area contributed by atoms with Gasteiger partial charge in [0.15, 0.2) is 0 Å². The van der Waals surface area contributed by atoms with E-state index in [9.17, 15) is 13.6 Å². The lowest BCUT2D eigenvalue weighted by molar-refractivity contribution is -0.127. The maximum Gasteiger partial charge on any atom is 0.224 e. The van der Waals surface area contributed by atoms with Gasteiger partial charge in [0.2, 0.25) is 5.91 Å². The molecule has 0 aromatic heterocycles. The minimum atomic E-state index is -0.536. The molecule has 0 aliphatic carbocycles. The fourth-order valence-corrected chi connectivity index (χ4v) is 4.31. The van der Waals surface area contributed by atoms with E-state index in [4.69, 9.17) is 4.74 Å². The van der Waals surface area contributed by atoms with Crippen LogP contribution in [-0.2, 0) is 16.1 Å². The molecule has 156 valence electrons. The molecule has 0 bridgehead atoms. The number of benzene rings is 1. The zero-order valence-corrected chi connectivity index (χ0v) is 16.6. The Morgan fingerprint density at radius 2 is 2.00 bits per heavy atom. The van der Waals surface area contributed by atoms with E-state index in [1.807, 2.05) is 0 Å². The minimum Gasteiger partial charge on any atom is -0.383 e. The number of halogens is 2. The number of carbonyl (C=O) groups excluding carboxylic acids is 1. The van der Waals surface area contributed by atoms with Crippen molar-refractivity contribution < 1.29 is 18.3 Å². The van der Waals surface area contributed by atoms with Crippen molar-refractivity contribution in [3.8, 4) is 0 Å². The molecule has 0 radical (unpaired) electrons. The number of ether oxygens (including phenoxy) is 1. The maximum absolute atomic E-state index is 13.9. The Morgan fingerprint density at radius 1 is 1.21 bits per heavy atom. The molecule has 3 rings (SSSR count). The molecule has 1 atom stereocenters. The van der Waals surface area contributed by atoms with Gasteiger partial charge in [0, 0.05) is 44.4 Å². The highest BCUT2D eigenvalue weighted by atomic mass is 19.1. The first kappa shape index (κ1) is 21.1. The van der Waals surface area contributed by atoms with Crippen LogP contribution in [-0.4, -0.2) is 68.2 Å². The van der Waals surface area contributed by atoms with Crippen molar-refractivity contribution in [1.29, 1.82) is 0 Å². The standard InChI is InChI=1S/C21H31F2N3O2/c1-28-12-8-24-21(27)17-3-2-9-26(15-17)19-6-10-25(11-7-19)14-16-4-5-18(22)13-20(16)23/h4-5,13,17,19H,2-3,6-12,14-15H2,1H3,(H,24,27)/t17-/m1/s1. The van der Waals surface area contributed by atoms with Gasteiger partial charge in [-0.05, 0) is 51.4 Å². The van der Waals surface area contributed by atoms with E-state index in [0.717, 1.165) is 57.9 Å². The smallest absolute Gasteiger partial charge is 0.224 e. The number of amides is 1. The van der Waals surface area contributed by atoms with E-state index in [1.54, 1.807) is 7.11 Å². The molecule has 2 heterocycles. The number of hydrogen-bond donors (Lipinski definition) is 1. The van der Waals surface area contributed by atoms with E-state index in [2.05, 4.69) is 15.1 Å². The molecule has 0 spiro atoms. The van der Waals surface area contributed by atoms with Crippen LogP contribution >= 0.6 is 0 Å². The predicted octanol–water partition coefficient (Wildman–Crippen LogP) is 2.40. The molecule has 1 aromatic rings. The Labute approximate surface area is 166 Å². The van der Waals surface area contributed by atoms with Gasteiger partial charge in [0.05, 0.1) is 12.5 Å². The maximum atomic E-state index is 13.9. The second-order valence-corrected chi connectivity index (χ2v) is 7.86. The summed E-state index contributed by atoms with van der Waals surface area (Å²) in [6.07, 6.45) is 4.02. The van der Waals surface area contributed by atoms with E-state index < -0.39 is 11.6 Å². The SMILES string of the molecule is COCCNC(=O)[C@@H]1CCCN(C2CCN(Cc3ccc(F)cc3F)CC2)C1. The number of carbonyl (C=O) groups is 1. The molecule has 1 N–H and O–H groups in total. The van der Waals surface area contributed by atoms with E-state index in [-0.39, 0.29) is 11.8 Å². The number of hydrogen-bond acceptors (Lipinski definition) is 4. The monoisotopic (exact) mass is 395 g/mol. The fraction of sp³-hybridized carbons (Fsp3) is 0.667. The summed E-state index contributed by atoms with van der Waals surface area (Å²) in [5.74, 6) is -0.825. The van der Waals surface area contributed by atoms with Gasteiger partial charge >= 0.3 is 0 Å². The van der Waals surface area contributed by atoms with Crippen molar-refractivity contribution in [3.05, 3.63) is 35.4 Å². The number of piperidine rings is 2. The van der Waals surface area contributed by atoms with Crippen LogP contribution < -0.4 is 5.32 Å². The lowest BCUT2D eigenvalue weighted by atomic mass is 9.93. The summed E-state index contributed by atoms with van der Waals surface area (Å²) in [6.45, 7) is 5.25. The fourth-order valence-electron chi connectivity index (χ4n) is 4.31. The summed E-state index contributed by atoms with van der Waals surface area (Å²) < 4.78 is 31.9. The van der Waals surface area contributed by atoms with Gasteiger partial charge in [-0.1, -0.05) is 6.07 Å². The van der Waals surface area contributed by atoms with Crippen molar-refractivity contribution in [2.75, 3.05) is 46.4 Å². The molecule has 0 saturated carbocycles. The Bertz CT molecular complexity index is 651. The highest BCUT2D eigenvalue weighted by Gasteiger charge is 2.31. The topological polar surface area (TPSA) is 44.8 Å². The summed E-state index contributed by atoms with van der Waals surface area (Å²) in [7, 11) is 1.63. The van der Waals surface area contributed by atoms with Crippen molar-refractivity contribution in [2.24, 2.45) is 5.92 Å². The summed E-state index contributed by atoms with van der Waals surface area (Å²) >= 11 is 0. The minimum absolute atomic E-state index is 0.0527. The molecule has 5 nitrogen and oxygen atoms in total. The number of nitrogens with zero attached hydrogens (tertiary/aromatic N) is 2. The molecular formula is C21H31F2N3O2. The van der Waals surface area contributed by atoms with E-state index in [0.29, 0.717) is 31.3 Å². The highest BCUT2D eigenvalue weighted by Crippen LogP contribution is 2.25. The van der Waals surface area contributed by atoms with Crippen LogP contribution in [0.2, 0.25) is 0 Å². The summed E-state index contributed by atoms with van der Waals surface area (Å²) in [6, 6.07) is 4.28. The van der Waals surface area contributed by atoms with Crippen LogP contribution in [0.25, 0.3) is 0 Å². The average molecular weight is 395 g/mol. The highest BCUT2D eigenvalue weighted by molar-refractivity contribution is 5.78. The van der Waals surface area contributed by atoms with Gasteiger partial charge in [0.25, 0.3) is 0 Å². The largest absolute Gasteiger partial charge is 0.383 e. The van der Waals surface area contributed by atoms with Crippen molar-refractivity contribution in [2.45, 2.75) is 38.3 Å². The van der Waals surface area contributed by atoms with Gasteiger partial charge in [-0.15, -0.1) is 0 Å². The van der Waals surface area contributed by atoms with Crippen molar-refractivity contribution in [3.63, 3.8) is 0 Å². The van der Waals surface area contributed by atoms with Crippen LogP contribution in [0.1, 0.15) is 31.2 Å². The molecule has 2 aliphatic heterocycles. The summed E-state index contributed by atoms with van der Waals surface area (Å²) in [5.41, 5.74) is 0.547. The second-order valence-electron chi connectivity index (χ2n) is 7.86. The average Bonchev–Trinajstić information content (AvgIpc) is 2.71. The Balaban J connectivity index is 1.45. The van der Waals surface area contributed by atoms with Gasteiger partial charge in [0.1, 0.15) is 11.6 Å². The normalized spacial score (nSPS) is 22.3. The molecule has 1 aromatic carbocycles. The zero-order chi connectivity index (χ0) is 19.9. The first-order chi connectivity index (χ1) is 13.6. The van der Waals surface area contributed by atoms with Crippen LogP contribution in [0, 0.1) is 17.6 Å². The Kier molecular flexibility index (Phi) is 7.76. The second kappa shape index (κ2) is 10.3. The van der Waals surface area contributed by atoms with Gasteiger partial charge in [-0.3, -0.25) is 14.6 Å². The molecule has 7 heteroatoms. The number of nitrogens with one attached hydrogen (secondary N) is 1. The number of rotatable bonds is 7. The third-order valence-electron chi connectivity index (χ3n) is 5.91. The quantitative estimate of drug-likeness (QED) is 0.720. The van der Waals surface area contributed by atoms with Gasteiger partial charge in [-0.25, -0.2) is 8.78 Å². The van der Waals surface area contributed by atoms with Crippen molar-refractivity contribution >= 4 is 5.91 Å². The van der Waals surface area contributed by atoms with Crippen LogP contribution in [0.5, 0.6) is 0 Å². The van der Waals surface area contributed by atoms with Crippen LogP contribution in [0.3, 0.4) is 0 Å². The van der Waals surface area contributed by atoms with Crippen LogP contribution in [0.4, 0.5) is 8.78 Å².